The first-order chi connectivity index (χ1) is 8.43. The van der Waals surface area contributed by atoms with E-state index in [1.807, 2.05) is 0 Å². The van der Waals surface area contributed by atoms with E-state index in [0.29, 0.717) is 11.8 Å². The maximum absolute atomic E-state index is 11.2. The highest BCUT2D eigenvalue weighted by molar-refractivity contribution is 7.86. The Morgan fingerprint density at radius 2 is 1.58 bits per heavy atom. The summed E-state index contributed by atoms with van der Waals surface area (Å²) < 4.78 is 62.6. The van der Waals surface area contributed by atoms with Gasteiger partial charge < -0.3 is 0 Å². The molecule has 2 N–H and O–H groups in total. The molecule has 7 nitrogen and oxygen atoms in total. The Morgan fingerprint density at radius 3 is 1.95 bits per heavy atom. The van der Waals surface area contributed by atoms with Crippen LogP contribution < -0.4 is 0 Å². The van der Waals surface area contributed by atoms with E-state index in [-0.39, 0.29) is 11.3 Å². The first kappa shape index (κ1) is 15.8. The number of aliphatic imine (C=N–C) groups is 1. The summed E-state index contributed by atoms with van der Waals surface area (Å²) >= 11 is 0. The van der Waals surface area contributed by atoms with Crippen LogP contribution in [0.25, 0.3) is 0 Å². The zero-order valence-corrected chi connectivity index (χ0v) is 12.1. The monoisotopic (exact) mass is 307 g/mol. The molecule has 106 valence electrons. The van der Waals surface area contributed by atoms with Crippen LogP contribution in [0.1, 0.15) is 19.4 Å². The molecule has 0 spiro atoms. The van der Waals surface area contributed by atoms with Crippen LogP contribution in [0.5, 0.6) is 0 Å². The highest BCUT2D eigenvalue weighted by atomic mass is 32.2. The van der Waals surface area contributed by atoms with Crippen molar-refractivity contribution in [1.82, 2.24) is 0 Å². The van der Waals surface area contributed by atoms with Crippen molar-refractivity contribution in [2.24, 2.45) is 4.99 Å². The highest BCUT2D eigenvalue weighted by Crippen LogP contribution is 2.29. The molecule has 0 aliphatic heterocycles. The van der Waals surface area contributed by atoms with Crippen LogP contribution in [-0.2, 0) is 20.2 Å². The van der Waals surface area contributed by atoms with Gasteiger partial charge in [-0.05, 0) is 38.5 Å². The van der Waals surface area contributed by atoms with Gasteiger partial charge in [-0.2, -0.15) is 16.8 Å². The number of benzene rings is 1. The van der Waals surface area contributed by atoms with Crippen LogP contribution in [0.15, 0.2) is 26.9 Å². The van der Waals surface area contributed by atoms with Gasteiger partial charge in [0.25, 0.3) is 20.2 Å². The Labute approximate surface area is 111 Å². The molecule has 0 aliphatic carbocycles. The summed E-state index contributed by atoms with van der Waals surface area (Å²) in [5.41, 5.74) is 0.690. The molecule has 19 heavy (non-hydrogen) atoms. The number of rotatable bonds is 3. The molecular weight excluding hydrogens is 294 g/mol. The molecule has 0 amide bonds. The molecule has 0 bridgehead atoms. The minimum atomic E-state index is -4.62. The van der Waals surface area contributed by atoms with Crippen LogP contribution in [-0.4, -0.2) is 31.7 Å². The molecule has 1 aromatic carbocycles. The summed E-state index contributed by atoms with van der Waals surface area (Å²) in [7, 11) is -9.22. The molecule has 0 aliphatic rings. The minimum Gasteiger partial charge on any atom is -0.282 e. The molecule has 9 heteroatoms. The van der Waals surface area contributed by atoms with Gasteiger partial charge >= 0.3 is 0 Å². The van der Waals surface area contributed by atoms with E-state index in [9.17, 15) is 16.8 Å². The van der Waals surface area contributed by atoms with Gasteiger partial charge in [-0.25, -0.2) is 0 Å². The van der Waals surface area contributed by atoms with Crippen molar-refractivity contribution in [3.63, 3.8) is 0 Å². The summed E-state index contributed by atoms with van der Waals surface area (Å²) in [6.45, 7) is 4.64. The lowest BCUT2D eigenvalue weighted by Crippen LogP contribution is -2.05. The first-order valence-electron chi connectivity index (χ1n) is 5.04. The van der Waals surface area contributed by atoms with Crippen LogP contribution in [0.3, 0.4) is 0 Å². The lowest BCUT2D eigenvalue weighted by atomic mass is 10.2. The van der Waals surface area contributed by atoms with Crippen molar-refractivity contribution in [3.8, 4) is 0 Å². The van der Waals surface area contributed by atoms with Gasteiger partial charge in [-0.15, -0.1) is 0 Å². The zero-order valence-electron chi connectivity index (χ0n) is 10.4. The number of nitrogens with zero attached hydrogens (tertiary/aromatic N) is 1. The smallest absolute Gasteiger partial charge is 0.282 e. The fraction of sp³-hybridized carbons (Fsp3) is 0.300. The van der Waals surface area contributed by atoms with Crippen LogP contribution >= 0.6 is 0 Å². The predicted molar refractivity (Wildman–Crippen MR) is 69.3 cm³/mol. The molecular formula is C10H13NO6S2. The Hall–Kier alpha value is -1.29. The molecule has 0 aromatic heterocycles. The van der Waals surface area contributed by atoms with Crippen molar-refractivity contribution >= 4 is 31.6 Å². The van der Waals surface area contributed by atoms with Crippen molar-refractivity contribution in [3.05, 3.63) is 17.7 Å². The van der Waals surface area contributed by atoms with Gasteiger partial charge in [0.05, 0.1) is 10.6 Å². The van der Waals surface area contributed by atoms with Crippen LogP contribution in [0, 0.1) is 6.92 Å². The topological polar surface area (TPSA) is 121 Å². The molecule has 0 saturated heterocycles. The van der Waals surface area contributed by atoms with E-state index >= 15 is 0 Å². The molecule has 0 unspecified atom stereocenters. The van der Waals surface area contributed by atoms with E-state index in [1.54, 1.807) is 13.8 Å². The number of hydrogen-bond acceptors (Lipinski definition) is 5. The van der Waals surface area contributed by atoms with E-state index in [0.717, 1.165) is 6.07 Å². The predicted octanol–water partition coefficient (Wildman–Crippen LogP) is 1.60. The molecule has 0 radical (unpaired) electrons. The summed E-state index contributed by atoms with van der Waals surface area (Å²) in [6, 6.07) is 1.72. The number of hydrogen-bond donors (Lipinski definition) is 2. The minimum absolute atomic E-state index is 0.0442. The maximum atomic E-state index is 11.2. The second-order valence-electron chi connectivity index (χ2n) is 4.07. The summed E-state index contributed by atoms with van der Waals surface area (Å²) in [5.74, 6) is 0. The third-order valence-corrected chi connectivity index (χ3v) is 4.04. The third kappa shape index (κ3) is 3.83. The molecule has 1 rings (SSSR count). The van der Waals surface area contributed by atoms with E-state index in [4.69, 9.17) is 9.11 Å². The fourth-order valence-electron chi connectivity index (χ4n) is 1.42. The first-order valence-corrected chi connectivity index (χ1v) is 7.92. The normalized spacial score (nSPS) is 12.3. The van der Waals surface area contributed by atoms with Gasteiger partial charge in [-0.3, -0.25) is 14.1 Å². The molecule has 1 aromatic rings. The SMILES string of the molecule is CC(C)=Nc1cc(S(=O)(=O)O)cc(S(=O)(=O)O)c1C. The van der Waals surface area contributed by atoms with Gasteiger partial charge in [0.15, 0.2) is 0 Å². The van der Waals surface area contributed by atoms with Gasteiger partial charge in [0.2, 0.25) is 0 Å². The second-order valence-corrected chi connectivity index (χ2v) is 6.89. The van der Waals surface area contributed by atoms with Gasteiger partial charge in [-0.1, -0.05) is 0 Å². The third-order valence-electron chi connectivity index (χ3n) is 2.23. The van der Waals surface area contributed by atoms with Crippen LogP contribution in [0.2, 0.25) is 0 Å². The van der Waals surface area contributed by atoms with E-state index < -0.39 is 30.0 Å². The second kappa shape index (κ2) is 5.00. The average Bonchev–Trinajstić information content (AvgIpc) is 2.16. The summed E-state index contributed by atoms with van der Waals surface area (Å²) in [4.78, 5) is 2.72. The zero-order chi connectivity index (χ0) is 15.0. The Bertz CT molecular complexity index is 742. The van der Waals surface area contributed by atoms with Crippen molar-refractivity contribution in [1.29, 1.82) is 0 Å². The maximum Gasteiger partial charge on any atom is 0.294 e. The Kier molecular flexibility index (Phi) is 4.15. The summed E-state index contributed by atoms with van der Waals surface area (Å²) in [6.07, 6.45) is 0. The van der Waals surface area contributed by atoms with Gasteiger partial charge in [0.1, 0.15) is 4.90 Å². The quantitative estimate of drug-likeness (QED) is 0.646. The fourth-order valence-corrected chi connectivity index (χ4v) is 2.79. The Morgan fingerprint density at radius 1 is 1.05 bits per heavy atom. The van der Waals surface area contributed by atoms with Crippen molar-refractivity contribution < 1.29 is 25.9 Å². The lowest BCUT2D eigenvalue weighted by Gasteiger charge is -2.09. The van der Waals surface area contributed by atoms with Crippen molar-refractivity contribution in [2.45, 2.75) is 30.6 Å². The molecule has 0 heterocycles. The van der Waals surface area contributed by atoms with Gasteiger partial charge in [0, 0.05) is 5.71 Å². The average molecular weight is 307 g/mol. The van der Waals surface area contributed by atoms with E-state index in [2.05, 4.69) is 4.99 Å². The van der Waals surface area contributed by atoms with E-state index in [1.165, 1.54) is 6.92 Å². The Balaban J connectivity index is 3.82. The highest BCUT2D eigenvalue weighted by Gasteiger charge is 2.21. The standard InChI is InChI=1S/C10H13NO6S2/c1-6(2)11-9-4-8(18(12,13)14)5-10(7(9)3)19(15,16)17/h4-5H,1-3H3,(H,12,13,14)(H,15,16,17). The molecule has 0 atom stereocenters. The lowest BCUT2D eigenvalue weighted by molar-refractivity contribution is 0.480. The largest absolute Gasteiger partial charge is 0.294 e. The van der Waals surface area contributed by atoms with Crippen LogP contribution in [0.4, 0.5) is 5.69 Å². The summed E-state index contributed by atoms with van der Waals surface area (Å²) in [5, 5.41) is 0. The molecule has 0 fully saturated rings. The van der Waals surface area contributed by atoms with Crippen molar-refractivity contribution in [2.75, 3.05) is 0 Å². The molecule has 0 saturated carbocycles.